The average Bonchev–Trinajstić information content (AvgIpc) is 3.04. The minimum absolute atomic E-state index is 0.193. The van der Waals surface area contributed by atoms with Gasteiger partial charge in [0.25, 0.3) is 0 Å². The second kappa shape index (κ2) is 7.90. The maximum Gasteiger partial charge on any atom is 0.160 e. The number of aromatic hydroxyl groups is 1. The van der Waals surface area contributed by atoms with Crippen LogP contribution in [0.5, 0.6) is 11.5 Å². The van der Waals surface area contributed by atoms with Crippen molar-refractivity contribution in [2.75, 3.05) is 31.6 Å². The monoisotopic (exact) mass is 390 g/mol. The Morgan fingerprint density at radius 3 is 2.92 bits per heavy atom. The molecule has 3 rings (SSSR count). The molecule has 2 aromatic rings. The zero-order valence-electron chi connectivity index (χ0n) is 13.8. The summed E-state index contributed by atoms with van der Waals surface area (Å²) in [6.07, 6.45) is 1.20. The van der Waals surface area contributed by atoms with E-state index in [9.17, 15) is 5.11 Å². The molecule has 4 nitrogen and oxygen atoms in total. The highest BCUT2D eigenvalue weighted by atomic mass is 79.9. The van der Waals surface area contributed by atoms with E-state index in [4.69, 9.17) is 4.74 Å². The summed E-state index contributed by atoms with van der Waals surface area (Å²) in [5.74, 6) is 1.36. The number of halogens is 1. The Morgan fingerprint density at radius 2 is 2.17 bits per heavy atom. The number of phenolic OH excluding ortho intramolecular Hbond substituents is 1. The van der Waals surface area contributed by atoms with Crippen LogP contribution in [0.1, 0.15) is 12.0 Å². The number of rotatable bonds is 6. The summed E-state index contributed by atoms with van der Waals surface area (Å²) in [6, 6.07) is 14.0. The molecule has 0 aromatic heterocycles. The van der Waals surface area contributed by atoms with Gasteiger partial charge in [-0.1, -0.05) is 28.1 Å². The zero-order valence-corrected chi connectivity index (χ0v) is 15.4. The first-order chi connectivity index (χ1) is 11.7. The summed E-state index contributed by atoms with van der Waals surface area (Å²) in [5.41, 5.74) is 2.35. The van der Waals surface area contributed by atoms with Crippen LogP contribution in [0.3, 0.4) is 0 Å². The molecule has 0 aliphatic carbocycles. The Labute approximate surface area is 151 Å². The van der Waals surface area contributed by atoms with Gasteiger partial charge in [0.2, 0.25) is 0 Å². The van der Waals surface area contributed by atoms with Crippen LogP contribution in [-0.4, -0.2) is 31.9 Å². The highest BCUT2D eigenvalue weighted by molar-refractivity contribution is 9.10. The van der Waals surface area contributed by atoms with Crippen LogP contribution in [0.25, 0.3) is 0 Å². The lowest BCUT2D eigenvalue weighted by molar-refractivity contribution is 0.373. The van der Waals surface area contributed by atoms with Gasteiger partial charge in [0, 0.05) is 36.3 Å². The molecule has 0 saturated carbocycles. The standard InChI is InChI=1S/C19H23BrN2O2/c1-24-19-6-5-14(9-18(19)23)11-21-12-15-7-8-22(13-15)17-4-2-3-16(20)10-17/h2-6,9-10,15,21,23H,7-8,11-13H2,1H3. The largest absolute Gasteiger partial charge is 0.504 e. The normalized spacial score (nSPS) is 17.2. The van der Waals surface area contributed by atoms with Gasteiger partial charge in [-0.3, -0.25) is 0 Å². The van der Waals surface area contributed by atoms with E-state index in [-0.39, 0.29) is 5.75 Å². The molecule has 2 N–H and O–H groups in total. The third-order valence-electron chi connectivity index (χ3n) is 4.46. The molecule has 1 fully saturated rings. The summed E-state index contributed by atoms with van der Waals surface area (Å²) in [5, 5.41) is 13.3. The molecule has 1 aliphatic heterocycles. The highest BCUT2D eigenvalue weighted by Crippen LogP contribution is 2.27. The number of phenols is 1. The van der Waals surface area contributed by atoms with Crippen LogP contribution in [-0.2, 0) is 6.54 Å². The zero-order chi connectivity index (χ0) is 16.9. The Hall–Kier alpha value is -1.72. The van der Waals surface area contributed by atoms with Gasteiger partial charge >= 0.3 is 0 Å². The van der Waals surface area contributed by atoms with E-state index in [0.29, 0.717) is 11.7 Å². The smallest absolute Gasteiger partial charge is 0.160 e. The van der Waals surface area contributed by atoms with Crippen LogP contribution >= 0.6 is 15.9 Å². The van der Waals surface area contributed by atoms with Crippen molar-refractivity contribution < 1.29 is 9.84 Å². The first-order valence-corrected chi connectivity index (χ1v) is 9.02. The second-order valence-corrected chi connectivity index (χ2v) is 7.13. The number of nitrogens with zero attached hydrogens (tertiary/aromatic N) is 1. The molecule has 1 atom stereocenters. The summed E-state index contributed by atoms with van der Waals surface area (Å²) in [4.78, 5) is 2.44. The average molecular weight is 391 g/mol. The maximum atomic E-state index is 9.82. The molecule has 1 aliphatic rings. The maximum absolute atomic E-state index is 9.82. The highest BCUT2D eigenvalue weighted by Gasteiger charge is 2.22. The van der Waals surface area contributed by atoms with Gasteiger partial charge in [0.15, 0.2) is 11.5 Å². The van der Waals surface area contributed by atoms with E-state index < -0.39 is 0 Å². The van der Waals surface area contributed by atoms with Crippen molar-refractivity contribution in [2.24, 2.45) is 5.92 Å². The number of methoxy groups -OCH3 is 1. The third kappa shape index (κ3) is 4.22. The first-order valence-electron chi connectivity index (χ1n) is 8.23. The number of hydrogen-bond acceptors (Lipinski definition) is 4. The summed E-state index contributed by atoms with van der Waals surface area (Å²) in [6.45, 7) is 3.92. The molecule has 0 spiro atoms. The molecule has 2 aromatic carbocycles. The topological polar surface area (TPSA) is 44.7 Å². The van der Waals surface area contributed by atoms with Crippen LogP contribution in [0.15, 0.2) is 46.9 Å². The molecule has 1 heterocycles. The Morgan fingerprint density at radius 1 is 1.29 bits per heavy atom. The van der Waals surface area contributed by atoms with Gasteiger partial charge in [-0.2, -0.15) is 0 Å². The fraction of sp³-hybridized carbons (Fsp3) is 0.368. The molecule has 5 heteroatoms. The summed E-state index contributed by atoms with van der Waals surface area (Å²) < 4.78 is 6.19. The molecule has 0 radical (unpaired) electrons. The molecule has 24 heavy (non-hydrogen) atoms. The van der Waals surface area contributed by atoms with Gasteiger partial charge in [-0.05, 0) is 48.2 Å². The van der Waals surface area contributed by atoms with Gasteiger partial charge in [0.05, 0.1) is 7.11 Å². The molecule has 0 bridgehead atoms. The summed E-state index contributed by atoms with van der Waals surface area (Å²) in [7, 11) is 1.56. The molecule has 1 unspecified atom stereocenters. The van der Waals surface area contributed by atoms with Crippen LogP contribution < -0.4 is 15.0 Å². The van der Waals surface area contributed by atoms with E-state index in [1.54, 1.807) is 19.2 Å². The van der Waals surface area contributed by atoms with Gasteiger partial charge in [-0.15, -0.1) is 0 Å². The van der Waals surface area contributed by atoms with Crippen LogP contribution in [0.2, 0.25) is 0 Å². The van der Waals surface area contributed by atoms with Crippen LogP contribution in [0.4, 0.5) is 5.69 Å². The lowest BCUT2D eigenvalue weighted by Crippen LogP contribution is -2.26. The van der Waals surface area contributed by atoms with Crippen molar-refractivity contribution in [3.05, 3.63) is 52.5 Å². The third-order valence-corrected chi connectivity index (χ3v) is 4.96. The number of ether oxygens (including phenoxy) is 1. The second-order valence-electron chi connectivity index (χ2n) is 6.22. The molecule has 0 amide bonds. The Bertz CT molecular complexity index is 693. The Kier molecular flexibility index (Phi) is 5.63. The number of benzene rings is 2. The van der Waals surface area contributed by atoms with E-state index in [1.807, 2.05) is 6.07 Å². The molecule has 128 valence electrons. The number of anilines is 1. The lowest BCUT2D eigenvalue weighted by Gasteiger charge is -2.19. The predicted octanol–water partition coefficient (Wildman–Crippen LogP) is 3.78. The van der Waals surface area contributed by atoms with Crippen molar-refractivity contribution >= 4 is 21.6 Å². The molecule has 1 saturated heterocycles. The lowest BCUT2D eigenvalue weighted by atomic mass is 10.1. The SMILES string of the molecule is COc1ccc(CNCC2CCN(c3cccc(Br)c3)C2)cc1O. The van der Waals surface area contributed by atoms with Crippen molar-refractivity contribution in [2.45, 2.75) is 13.0 Å². The van der Waals surface area contributed by atoms with E-state index in [0.717, 1.165) is 36.2 Å². The van der Waals surface area contributed by atoms with Crippen molar-refractivity contribution in [1.82, 2.24) is 5.32 Å². The molecular formula is C19H23BrN2O2. The van der Waals surface area contributed by atoms with Crippen molar-refractivity contribution in [1.29, 1.82) is 0 Å². The van der Waals surface area contributed by atoms with Crippen molar-refractivity contribution in [3.63, 3.8) is 0 Å². The van der Waals surface area contributed by atoms with Gasteiger partial charge in [0.1, 0.15) is 0 Å². The summed E-state index contributed by atoms with van der Waals surface area (Å²) >= 11 is 3.54. The van der Waals surface area contributed by atoms with Gasteiger partial charge < -0.3 is 20.1 Å². The number of hydrogen-bond donors (Lipinski definition) is 2. The minimum Gasteiger partial charge on any atom is -0.504 e. The Balaban J connectivity index is 1.47. The fourth-order valence-electron chi connectivity index (χ4n) is 3.17. The minimum atomic E-state index is 0.193. The van der Waals surface area contributed by atoms with Crippen LogP contribution in [0, 0.1) is 5.92 Å². The van der Waals surface area contributed by atoms with Crippen molar-refractivity contribution in [3.8, 4) is 11.5 Å². The molecular weight excluding hydrogens is 368 g/mol. The van der Waals surface area contributed by atoms with Gasteiger partial charge in [-0.25, -0.2) is 0 Å². The quantitative estimate of drug-likeness (QED) is 0.787. The first kappa shape index (κ1) is 17.1. The fourth-order valence-corrected chi connectivity index (χ4v) is 3.56. The van der Waals surface area contributed by atoms with E-state index in [1.165, 1.54) is 12.1 Å². The number of nitrogens with one attached hydrogen (secondary N) is 1. The van der Waals surface area contributed by atoms with E-state index in [2.05, 4.69) is 50.4 Å². The predicted molar refractivity (Wildman–Crippen MR) is 101 cm³/mol. The van der Waals surface area contributed by atoms with E-state index >= 15 is 0 Å².